The zero-order chi connectivity index (χ0) is 13.8. The van der Waals surface area contributed by atoms with Gasteiger partial charge in [-0.3, -0.25) is 16.3 Å². The smallest absolute Gasteiger partial charge is 0.146 e. The number of halogens is 1. The number of nitrogens with zero attached hydrogens (tertiary/aromatic N) is 1. The van der Waals surface area contributed by atoms with E-state index in [0.29, 0.717) is 12.1 Å². The SMILES string of the molecule is Cc1ccc(C)c(CC(NN)c2ncccc2F)c1. The summed E-state index contributed by atoms with van der Waals surface area (Å²) in [6.07, 6.45) is 2.18. The first kappa shape index (κ1) is 13.6. The summed E-state index contributed by atoms with van der Waals surface area (Å²) in [5, 5.41) is 0. The fraction of sp³-hybridized carbons (Fsp3) is 0.267. The Morgan fingerprint density at radius 3 is 2.79 bits per heavy atom. The van der Waals surface area contributed by atoms with Crippen LogP contribution >= 0.6 is 0 Å². The first-order valence-electron chi connectivity index (χ1n) is 6.24. The summed E-state index contributed by atoms with van der Waals surface area (Å²) in [7, 11) is 0. The Bertz CT molecular complexity index is 569. The summed E-state index contributed by atoms with van der Waals surface area (Å²) < 4.78 is 13.8. The average Bonchev–Trinajstić information content (AvgIpc) is 2.41. The van der Waals surface area contributed by atoms with Gasteiger partial charge in [0.2, 0.25) is 0 Å². The topological polar surface area (TPSA) is 50.9 Å². The summed E-state index contributed by atoms with van der Waals surface area (Å²) in [5.41, 5.74) is 6.50. The van der Waals surface area contributed by atoms with E-state index in [1.807, 2.05) is 13.8 Å². The molecule has 100 valence electrons. The number of nitrogens with two attached hydrogens (primary N) is 1. The lowest BCUT2D eigenvalue weighted by Crippen LogP contribution is -2.31. The summed E-state index contributed by atoms with van der Waals surface area (Å²) >= 11 is 0. The molecule has 1 aromatic heterocycles. The van der Waals surface area contributed by atoms with E-state index in [-0.39, 0.29) is 11.9 Å². The third kappa shape index (κ3) is 3.16. The van der Waals surface area contributed by atoms with Crippen molar-refractivity contribution < 1.29 is 4.39 Å². The molecule has 2 aromatic rings. The highest BCUT2D eigenvalue weighted by Gasteiger charge is 2.17. The number of aromatic nitrogens is 1. The maximum Gasteiger partial charge on any atom is 0.146 e. The first-order valence-corrected chi connectivity index (χ1v) is 6.24. The van der Waals surface area contributed by atoms with Crippen LogP contribution < -0.4 is 11.3 Å². The Morgan fingerprint density at radius 1 is 1.32 bits per heavy atom. The van der Waals surface area contributed by atoms with Crippen molar-refractivity contribution in [3.8, 4) is 0 Å². The van der Waals surface area contributed by atoms with Gasteiger partial charge in [0.15, 0.2) is 0 Å². The standard InChI is InChI=1S/C15H18FN3/c1-10-5-6-11(2)12(8-10)9-14(19-17)15-13(16)4-3-7-18-15/h3-8,14,19H,9,17H2,1-2H3. The lowest BCUT2D eigenvalue weighted by molar-refractivity contribution is 0.494. The van der Waals surface area contributed by atoms with E-state index in [4.69, 9.17) is 5.84 Å². The van der Waals surface area contributed by atoms with E-state index in [0.717, 1.165) is 5.56 Å². The van der Waals surface area contributed by atoms with Crippen molar-refractivity contribution in [1.29, 1.82) is 0 Å². The Hall–Kier alpha value is -1.78. The van der Waals surface area contributed by atoms with E-state index >= 15 is 0 Å². The Kier molecular flexibility index (Phi) is 4.24. The molecule has 3 nitrogen and oxygen atoms in total. The number of hydrazine groups is 1. The molecule has 4 heteroatoms. The largest absolute Gasteiger partial charge is 0.271 e. The molecule has 0 saturated heterocycles. The summed E-state index contributed by atoms with van der Waals surface area (Å²) in [5.74, 6) is 5.22. The molecule has 2 rings (SSSR count). The van der Waals surface area contributed by atoms with Crippen LogP contribution in [-0.4, -0.2) is 4.98 Å². The van der Waals surface area contributed by atoms with E-state index in [1.54, 1.807) is 12.3 Å². The Balaban J connectivity index is 2.29. The maximum absolute atomic E-state index is 13.8. The molecule has 3 N–H and O–H groups in total. The minimum absolute atomic E-state index is 0.332. The third-order valence-corrected chi connectivity index (χ3v) is 3.25. The van der Waals surface area contributed by atoms with Gasteiger partial charge in [-0.15, -0.1) is 0 Å². The molecule has 0 spiro atoms. The van der Waals surface area contributed by atoms with Gasteiger partial charge in [-0.1, -0.05) is 23.8 Å². The molecule has 1 heterocycles. The molecule has 0 amide bonds. The fourth-order valence-electron chi connectivity index (χ4n) is 2.13. The van der Waals surface area contributed by atoms with Gasteiger partial charge in [0.1, 0.15) is 5.82 Å². The quantitative estimate of drug-likeness (QED) is 0.655. The van der Waals surface area contributed by atoms with Gasteiger partial charge in [-0.05, 0) is 43.5 Å². The van der Waals surface area contributed by atoms with Gasteiger partial charge >= 0.3 is 0 Å². The van der Waals surface area contributed by atoms with Crippen LogP contribution in [0.1, 0.15) is 28.4 Å². The molecule has 1 atom stereocenters. The van der Waals surface area contributed by atoms with Crippen molar-refractivity contribution in [1.82, 2.24) is 10.4 Å². The number of aryl methyl sites for hydroxylation is 2. The summed E-state index contributed by atoms with van der Waals surface area (Å²) in [6, 6.07) is 8.86. The highest BCUT2D eigenvalue weighted by Crippen LogP contribution is 2.21. The molecule has 1 aromatic carbocycles. The molecule has 1 unspecified atom stereocenters. The van der Waals surface area contributed by atoms with E-state index in [2.05, 4.69) is 28.6 Å². The van der Waals surface area contributed by atoms with Gasteiger partial charge in [0, 0.05) is 6.20 Å². The third-order valence-electron chi connectivity index (χ3n) is 3.25. The molecule has 0 bridgehead atoms. The van der Waals surface area contributed by atoms with Crippen LogP contribution in [0.5, 0.6) is 0 Å². The van der Waals surface area contributed by atoms with Crippen molar-refractivity contribution in [2.45, 2.75) is 26.3 Å². The van der Waals surface area contributed by atoms with Crippen LogP contribution in [0, 0.1) is 19.7 Å². The highest BCUT2D eigenvalue weighted by molar-refractivity contribution is 5.32. The van der Waals surface area contributed by atoms with Crippen LogP contribution in [0.25, 0.3) is 0 Å². The van der Waals surface area contributed by atoms with Crippen molar-refractivity contribution in [3.05, 3.63) is 64.7 Å². The highest BCUT2D eigenvalue weighted by atomic mass is 19.1. The van der Waals surface area contributed by atoms with Gasteiger partial charge < -0.3 is 0 Å². The maximum atomic E-state index is 13.8. The Morgan fingerprint density at radius 2 is 2.11 bits per heavy atom. The van der Waals surface area contributed by atoms with Gasteiger partial charge in [-0.25, -0.2) is 4.39 Å². The predicted molar refractivity (Wildman–Crippen MR) is 73.9 cm³/mol. The van der Waals surface area contributed by atoms with Crippen LogP contribution in [0.15, 0.2) is 36.5 Å². The zero-order valence-corrected chi connectivity index (χ0v) is 11.2. The Labute approximate surface area is 112 Å². The summed E-state index contributed by atoms with van der Waals surface area (Å²) in [4.78, 5) is 4.08. The second-order valence-electron chi connectivity index (χ2n) is 4.72. The van der Waals surface area contributed by atoms with Gasteiger partial charge in [-0.2, -0.15) is 0 Å². The molecular formula is C15H18FN3. The van der Waals surface area contributed by atoms with Crippen LogP contribution in [0.4, 0.5) is 4.39 Å². The van der Waals surface area contributed by atoms with Crippen molar-refractivity contribution >= 4 is 0 Å². The molecule has 19 heavy (non-hydrogen) atoms. The van der Waals surface area contributed by atoms with Gasteiger partial charge in [0.05, 0.1) is 11.7 Å². The normalized spacial score (nSPS) is 12.4. The van der Waals surface area contributed by atoms with Crippen LogP contribution in [0.2, 0.25) is 0 Å². The second kappa shape index (κ2) is 5.91. The van der Waals surface area contributed by atoms with E-state index < -0.39 is 0 Å². The van der Waals surface area contributed by atoms with Crippen molar-refractivity contribution in [2.24, 2.45) is 5.84 Å². The molecule has 0 aliphatic rings. The number of rotatable bonds is 4. The number of nitrogens with one attached hydrogen (secondary N) is 1. The van der Waals surface area contributed by atoms with Crippen LogP contribution in [0.3, 0.4) is 0 Å². The molecule has 0 saturated carbocycles. The molecule has 0 fully saturated rings. The molecule has 0 aliphatic heterocycles. The number of pyridine rings is 1. The average molecular weight is 259 g/mol. The minimum Gasteiger partial charge on any atom is -0.271 e. The number of hydrogen-bond acceptors (Lipinski definition) is 3. The molecule has 0 radical (unpaired) electrons. The fourth-order valence-corrected chi connectivity index (χ4v) is 2.13. The zero-order valence-electron chi connectivity index (χ0n) is 11.2. The summed E-state index contributed by atoms with van der Waals surface area (Å²) in [6.45, 7) is 4.08. The van der Waals surface area contributed by atoms with Gasteiger partial charge in [0.25, 0.3) is 0 Å². The monoisotopic (exact) mass is 259 g/mol. The van der Waals surface area contributed by atoms with E-state index in [9.17, 15) is 4.39 Å². The lowest BCUT2D eigenvalue weighted by Gasteiger charge is -2.17. The number of benzene rings is 1. The van der Waals surface area contributed by atoms with Crippen molar-refractivity contribution in [3.63, 3.8) is 0 Å². The molecule has 0 aliphatic carbocycles. The lowest BCUT2D eigenvalue weighted by atomic mass is 9.97. The van der Waals surface area contributed by atoms with Crippen LogP contribution in [-0.2, 0) is 6.42 Å². The first-order chi connectivity index (χ1) is 9.11. The molecular weight excluding hydrogens is 241 g/mol. The second-order valence-corrected chi connectivity index (χ2v) is 4.72. The predicted octanol–water partition coefficient (Wildman–Crippen LogP) is 2.58. The minimum atomic E-state index is -0.337. The van der Waals surface area contributed by atoms with E-state index in [1.165, 1.54) is 17.2 Å². The van der Waals surface area contributed by atoms with Crippen molar-refractivity contribution in [2.75, 3.05) is 0 Å². The number of hydrogen-bond donors (Lipinski definition) is 2.